The van der Waals surface area contributed by atoms with E-state index in [2.05, 4.69) is 30.3 Å². The largest absolute Gasteiger partial charge is 0.391 e. The van der Waals surface area contributed by atoms with Crippen molar-refractivity contribution in [1.29, 1.82) is 0 Å². The molecular formula is C13H21NOS2. The molecule has 4 heteroatoms. The molecule has 1 aromatic rings. The number of quaternary nitrogens is 1. The van der Waals surface area contributed by atoms with Crippen molar-refractivity contribution in [3.8, 4) is 0 Å². The zero-order valence-electron chi connectivity index (χ0n) is 10.3. The highest BCUT2D eigenvalue weighted by molar-refractivity contribution is 8.16. The fraction of sp³-hybridized carbons (Fsp3) is 0.462. The summed E-state index contributed by atoms with van der Waals surface area (Å²) in [6, 6.07) is 10.6. The molecule has 1 saturated heterocycles. The van der Waals surface area contributed by atoms with Gasteiger partial charge in [0.2, 0.25) is 0 Å². The van der Waals surface area contributed by atoms with Crippen LogP contribution in [0.1, 0.15) is 5.56 Å². The first-order valence-corrected chi connectivity index (χ1v) is 7.81. The zero-order chi connectivity index (χ0) is 11.3. The van der Waals surface area contributed by atoms with Gasteiger partial charge in [0.1, 0.15) is 24.8 Å². The maximum atomic E-state index is 9.23. The lowest BCUT2D eigenvalue weighted by molar-refractivity contribution is -0.918. The first-order valence-electron chi connectivity index (χ1n) is 5.50. The molecule has 0 spiro atoms. The van der Waals surface area contributed by atoms with Crippen LogP contribution in [0.25, 0.3) is 0 Å². The summed E-state index contributed by atoms with van der Waals surface area (Å²) >= 11 is 3.97. The van der Waals surface area contributed by atoms with Crippen LogP contribution in [0, 0.1) is 7.43 Å². The molecule has 0 amide bonds. The summed E-state index contributed by atoms with van der Waals surface area (Å²) < 4.78 is 1.01. The number of thioether (sulfide) groups is 2. The zero-order valence-corrected chi connectivity index (χ0v) is 12.0. The van der Waals surface area contributed by atoms with Crippen molar-refractivity contribution in [1.82, 2.24) is 0 Å². The van der Waals surface area contributed by atoms with E-state index in [0.717, 1.165) is 29.3 Å². The van der Waals surface area contributed by atoms with Gasteiger partial charge in [-0.2, -0.15) is 0 Å². The van der Waals surface area contributed by atoms with E-state index >= 15 is 0 Å². The van der Waals surface area contributed by atoms with Crippen LogP contribution in [0.3, 0.4) is 0 Å². The maximum absolute atomic E-state index is 9.23. The van der Waals surface area contributed by atoms with Crippen LogP contribution in [0.4, 0.5) is 0 Å². The Morgan fingerprint density at radius 1 is 1.12 bits per heavy atom. The van der Waals surface area contributed by atoms with E-state index in [1.807, 2.05) is 23.5 Å². The molecule has 17 heavy (non-hydrogen) atoms. The molecular weight excluding hydrogens is 250 g/mol. The predicted molar refractivity (Wildman–Crippen MR) is 78.6 cm³/mol. The van der Waals surface area contributed by atoms with Gasteiger partial charge < -0.3 is 17.0 Å². The molecule has 0 unspecified atom stereocenters. The lowest BCUT2D eigenvalue weighted by Crippen LogP contribution is -2.50. The van der Waals surface area contributed by atoms with Gasteiger partial charge in [-0.15, -0.1) is 0 Å². The van der Waals surface area contributed by atoms with Crippen molar-refractivity contribution in [2.75, 3.05) is 30.0 Å². The van der Waals surface area contributed by atoms with E-state index < -0.39 is 0 Å². The number of benzene rings is 1. The molecule has 0 bridgehead atoms. The Hall–Kier alpha value is -0.160. The molecule has 2 nitrogen and oxygen atoms in total. The monoisotopic (exact) mass is 271 g/mol. The van der Waals surface area contributed by atoms with Crippen LogP contribution in [0.15, 0.2) is 30.3 Å². The lowest BCUT2D eigenvalue weighted by Gasteiger charge is -2.40. The molecule has 2 rings (SSSR count). The smallest absolute Gasteiger partial charge is 0.127 e. The van der Waals surface area contributed by atoms with Gasteiger partial charge in [-0.3, -0.25) is 0 Å². The summed E-state index contributed by atoms with van der Waals surface area (Å²) in [5, 5.41) is 10.4. The van der Waals surface area contributed by atoms with Crippen molar-refractivity contribution in [2.24, 2.45) is 0 Å². The van der Waals surface area contributed by atoms with Gasteiger partial charge >= 0.3 is 0 Å². The Kier molecular flexibility index (Phi) is 6.41. The molecule has 1 fully saturated rings. The number of aliphatic hydroxyl groups excluding tert-OH is 1. The van der Waals surface area contributed by atoms with Gasteiger partial charge in [-0.1, -0.05) is 53.9 Å². The van der Waals surface area contributed by atoms with Crippen LogP contribution in [0.5, 0.6) is 0 Å². The Morgan fingerprint density at radius 3 is 2.35 bits per heavy atom. The first kappa shape index (κ1) is 14.9. The average molecular weight is 271 g/mol. The van der Waals surface area contributed by atoms with Gasteiger partial charge in [0.25, 0.3) is 0 Å². The van der Waals surface area contributed by atoms with E-state index in [0.29, 0.717) is 0 Å². The minimum absolute atomic E-state index is 0. The highest BCUT2D eigenvalue weighted by Crippen LogP contribution is 2.30. The van der Waals surface area contributed by atoms with E-state index in [1.54, 1.807) is 0 Å². The third kappa shape index (κ3) is 4.21. The fourth-order valence-corrected chi connectivity index (χ4v) is 4.62. The van der Waals surface area contributed by atoms with Gasteiger partial charge in [-0.05, 0) is 0 Å². The summed E-state index contributed by atoms with van der Waals surface area (Å²) in [6.45, 7) is 2.20. The Bertz CT molecular complexity index is 307. The Balaban J connectivity index is 0.00000144. The highest BCUT2D eigenvalue weighted by Gasteiger charge is 2.30. The molecule has 0 aliphatic carbocycles. The molecule has 1 N–H and O–H groups in total. The third-order valence-corrected chi connectivity index (χ3v) is 5.63. The third-order valence-electron chi connectivity index (χ3n) is 2.83. The van der Waals surface area contributed by atoms with Gasteiger partial charge in [-0.25, -0.2) is 0 Å². The SMILES string of the molecule is OCC[N+]1(Cc2ccccc2)CSCSC1.[CH3-]. The lowest BCUT2D eigenvalue weighted by atomic mass is 10.2. The number of hydrogen-bond donors (Lipinski definition) is 1. The first-order chi connectivity index (χ1) is 7.85. The van der Waals surface area contributed by atoms with Gasteiger partial charge in [0.15, 0.2) is 0 Å². The molecule has 0 atom stereocenters. The van der Waals surface area contributed by atoms with Crippen LogP contribution in [-0.2, 0) is 6.54 Å². The second-order valence-electron chi connectivity index (χ2n) is 4.22. The summed E-state index contributed by atoms with van der Waals surface area (Å²) in [5.74, 6) is 2.25. The maximum Gasteiger partial charge on any atom is 0.127 e. The summed E-state index contributed by atoms with van der Waals surface area (Å²) in [7, 11) is 0. The highest BCUT2D eigenvalue weighted by atomic mass is 32.2. The van der Waals surface area contributed by atoms with E-state index in [1.165, 1.54) is 10.6 Å². The number of nitrogens with zero attached hydrogens (tertiary/aromatic N) is 1. The number of aliphatic hydroxyl groups is 1. The van der Waals surface area contributed by atoms with E-state index in [4.69, 9.17) is 0 Å². The minimum atomic E-state index is 0. The molecule has 96 valence electrons. The van der Waals surface area contributed by atoms with E-state index in [9.17, 15) is 5.11 Å². The second kappa shape index (κ2) is 7.31. The molecule has 1 aliphatic rings. The predicted octanol–water partition coefficient (Wildman–Crippen LogP) is 2.80. The van der Waals surface area contributed by atoms with Crippen molar-refractivity contribution in [3.63, 3.8) is 0 Å². The summed E-state index contributed by atoms with van der Waals surface area (Å²) in [4.78, 5) is 0. The Morgan fingerprint density at radius 2 is 1.76 bits per heavy atom. The van der Waals surface area contributed by atoms with Gasteiger partial charge in [0.05, 0.1) is 6.61 Å². The molecule has 0 aromatic heterocycles. The topological polar surface area (TPSA) is 20.2 Å². The summed E-state index contributed by atoms with van der Waals surface area (Å²) in [6.07, 6.45) is 0. The normalized spacial score (nSPS) is 18.4. The van der Waals surface area contributed by atoms with Crippen molar-refractivity contribution >= 4 is 23.5 Å². The molecule has 0 radical (unpaired) electrons. The summed E-state index contributed by atoms with van der Waals surface area (Å²) in [5.41, 5.74) is 1.37. The van der Waals surface area contributed by atoms with Crippen LogP contribution >= 0.6 is 23.5 Å². The van der Waals surface area contributed by atoms with E-state index in [-0.39, 0.29) is 14.0 Å². The molecule has 1 heterocycles. The van der Waals surface area contributed by atoms with Crippen LogP contribution in [0.2, 0.25) is 0 Å². The van der Waals surface area contributed by atoms with Crippen LogP contribution in [-0.4, -0.2) is 39.6 Å². The number of rotatable bonds is 4. The minimum Gasteiger partial charge on any atom is -0.391 e. The Labute approximate surface area is 113 Å². The molecule has 1 aromatic carbocycles. The van der Waals surface area contributed by atoms with Crippen molar-refractivity contribution in [3.05, 3.63) is 43.3 Å². The second-order valence-corrected chi connectivity index (χ2v) is 6.49. The van der Waals surface area contributed by atoms with Gasteiger partial charge in [0, 0.05) is 10.6 Å². The standard InChI is InChI=1S/C12H18NOS2.CH3/c14-7-6-13(9-15-11-16-10-13)8-12-4-2-1-3-5-12;/h1-5,14H,6-11H2;1H3/q+1;-1. The molecule has 0 saturated carbocycles. The van der Waals surface area contributed by atoms with Crippen molar-refractivity contribution in [2.45, 2.75) is 6.54 Å². The van der Waals surface area contributed by atoms with Crippen molar-refractivity contribution < 1.29 is 9.59 Å². The fourth-order valence-electron chi connectivity index (χ4n) is 2.04. The molecule has 1 aliphatic heterocycles. The number of hydrogen-bond acceptors (Lipinski definition) is 3. The van der Waals surface area contributed by atoms with Crippen LogP contribution < -0.4 is 0 Å². The average Bonchev–Trinajstić information content (AvgIpc) is 2.31. The quantitative estimate of drug-likeness (QED) is 0.672.